The molecule has 3 aromatic rings. The van der Waals surface area contributed by atoms with Crippen molar-refractivity contribution in [2.45, 2.75) is 44.5 Å². The normalized spacial score (nSPS) is 20.4. The summed E-state index contributed by atoms with van der Waals surface area (Å²) in [5, 5.41) is 7.14. The van der Waals surface area contributed by atoms with E-state index in [-0.39, 0.29) is 55.8 Å². The summed E-state index contributed by atoms with van der Waals surface area (Å²) < 4.78 is 82.4. The lowest BCUT2D eigenvalue weighted by Gasteiger charge is -2.38. The molecule has 0 unspecified atom stereocenters. The Balaban J connectivity index is 1.31. The monoisotopic (exact) mass is 664 g/mol. The number of methoxy groups -OCH3 is 1. The van der Waals surface area contributed by atoms with Gasteiger partial charge in [-0.15, -0.1) is 0 Å². The molecular weight excluding hydrogens is 627 g/mol. The molecule has 3 aliphatic rings. The Morgan fingerprint density at radius 3 is 2.60 bits per heavy atom. The summed E-state index contributed by atoms with van der Waals surface area (Å²) in [5.41, 5.74) is 1.13. The zero-order chi connectivity index (χ0) is 33.5. The van der Waals surface area contributed by atoms with E-state index in [1.807, 2.05) is 4.90 Å². The van der Waals surface area contributed by atoms with Gasteiger partial charge in [0, 0.05) is 69.3 Å². The van der Waals surface area contributed by atoms with Gasteiger partial charge in [0.2, 0.25) is 5.91 Å². The minimum Gasteiger partial charge on any atom is -0.462 e. The molecule has 16 heteroatoms. The van der Waals surface area contributed by atoms with Gasteiger partial charge >= 0.3 is 12.2 Å². The Hall–Kier alpha value is -4.05. The Kier molecular flexibility index (Phi) is 9.00. The van der Waals surface area contributed by atoms with Crippen LogP contribution in [0.25, 0.3) is 10.9 Å². The first kappa shape index (κ1) is 32.9. The second-order valence-corrected chi connectivity index (χ2v) is 12.3. The number of likely N-dealkylation sites (N-methyl/N-ethyl adjacent to an activating group) is 1. The highest BCUT2D eigenvalue weighted by atomic mass is 19.4. The topological polar surface area (TPSA) is 103 Å². The molecule has 0 bridgehead atoms. The number of nitrogens with one attached hydrogen (secondary N) is 1. The molecule has 2 fully saturated rings. The van der Waals surface area contributed by atoms with Crippen LogP contribution in [0.3, 0.4) is 0 Å². The van der Waals surface area contributed by atoms with Crippen LogP contribution in [0.4, 0.5) is 33.5 Å². The highest BCUT2D eigenvalue weighted by molar-refractivity contribution is 5.95. The lowest BCUT2D eigenvalue weighted by atomic mass is 9.98. The molecule has 3 aliphatic heterocycles. The summed E-state index contributed by atoms with van der Waals surface area (Å²) in [6.45, 7) is 3.38. The number of aromatic amines is 1. The number of aryl methyl sites for hydroxylation is 1. The standard InChI is InChI=1S/C31H37F5N8O3/c1-19-13-23-22(15-37-40-23)27(26(19)31(34,35)36)44-7-6-21-24(16-44)38-29(47-17-20-14-30(32,33)18-41(20)2)39-28(21)43-10-8-42(9-11-43)25(45)5-4-12-46-3/h4-5,13,15,20H,6-12,14,16-18H2,1-3H3,(H,37,40)/b5-4+/t20-/m0/s1. The van der Waals surface area contributed by atoms with Crippen molar-refractivity contribution in [1.29, 1.82) is 0 Å². The van der Waals surface area contributed by atoms with E-state index >= 15 is 0 Å². The molecule has 1 aromatic carbocycles. The predicted octanol–water partition coefficient (Wildman–Crippen LogP) is 3.81. The second kappa shape index (κ2) is 12.9. The van der Waals surface area contributed by atoms with E-state index in [9.17, 15) is 26.7 Å². The first-order valence-electron chi connectivity index (χ1n) is 15.4. The van der Waals surface area contributed by atoms with Crippen LogP contribution in [0, 0.1) is 6.92 Å². The largest absolute Gasteiger partial charge is 0.462 e. The Morgan fingerprint density at radius 1 is 1.15 bits per heavy atom. The highest BCUT2D eigenvalue weighted by Gasteiger charge is 2.44. The molecule has 1 N–H and O–H groups in total. The number of carbonyl (C=O) groups is 1. The molecule has 0 spiro atoms. The van der Waals surface area contributed by atoms with Gasteiger partial charge in [0.1, 0.15) is 12.4 Å². The van der Waals surface area contributed by atoms with Crippen LogP contribution >= 0.6 is 0 Å². The SMILES string of the molecule is COC/C=C/C(=O)N1CCN(c2nc(OC[C@@H]3CC(F)(F)CN3C)nc3c2CCN(c2c(C(F)(F)F)c(C)cc4[nH]ncc24)C3)CC1. The molecule has 1 atom stereocenters. The van der Waals surface area contributed by atoms with Gasteiger partial charge in [-0.05, 0) is 32.0 Å². The number of anilines is 2. The van der Waals surface area contributed by atoms with Crippen LogP contribution in [0.15, 0.2) is 24.4 Å². The van der Waals surface area contributed by atoms with Crippen LogP contribution in [-0.4, -0.2) is 114 Å². The van der Waals surface area contributed by atoms with Gasteiger partial charge in [-0.1, -0.05) is 6.08 Å². The first-order valence-corrected chi connectivity index (χ1v) is 15.4. The molecule has 2 aromatic heterocycles. The van der Waals surface area contributed by atoms with Gasteiger partial charge in [-0.3, -0.25) is 14.8 Å². The van der Waals surface area contributed by atoms with Crippen molar-refractivity contribution < 1.29 is 36.2 Å². The number of likely N-dealkylation sites (tertiary alicyclic amines) is 1. The summed E-state index contributed by atoms with van der Waals surface area (Å²) in [4.78, 5) is 28.9. The van der Waals surface area contributed by atoms with Gasteiger partial charge in [-0.2, -0.15) is 28.2 Å². The molecule has 2 saturated heterocycles. The first-order chi connectivity index (χ1) is 22.3. The summed E-state index contributed by atoms with van der Waals surface area (Å²) in [7, 11) is 3.15. The Labute approximate surface area is 268 Å². The maximum atomic E-state index is 14.5. The summed E-state index contributed by atoms with van der Waals surface area (Å²) in [6, 6.07) is 0.861. The molecular formula is C31H37F5N8O3. The van der Waals surface area contributed by atoms with E-state index in [1.54, 1.807) is 30.0 Å². The molecule has 5 heterocycles. The fraction of sp³-hybridized carbons (Fsp3) is 0.548. The maximum absolute atomic E-state index is 14.5. The van der Waals surface area contributed by atoms with Crippen LogP contribution in [0.1, 0.15) is 28.8 Å². The van der Waals surface area contributed by atoms with Crippen LogP contribution in [0.2, 0.25) is 0 Å². The molecule has 1 amide bonds. The van der Waals surface area contributed by atoms with Crippen molar-refractivity contribution in [3.8, 4) is 6.01 Å². The lowest BCUT2D eigenvalue weighted by Crippen LogP contribution is -2.49. The third kappa shape index (κ3) is 6.84. The van der Waals surface area contributed by atoms with Gasteiger partial charge in [0.25, 0.3) is 5.92 Å². The van der Waals surface area contributed by atoms with Crippen molar-refractivity contribution in [3.05, 3.63) is 46.8 Å². The molecule has 0 radical (unpaired) electrons. The zero-order valence-corrected chi connectivity index (χ0v) is 26.4. The molecule has 11 nitrogen and oxygen atoms in total. The van der Waals surface area contributed by atoms with Gasteiger partial charge in [0.15, 0.2) is 0 Å². The molecule has 0 aliphatic carbocycles. The molecule has 0 saturated carbocycles. The van der Waals surface area contributed by atoms with Crippen molar-refractivity contribution in [3.63, 3.8) is 0 Å². The number of H-pyrrole nitrogens is 1. The van der Waals surface area contributed by atoms with Crippen molar-refractivity contribution in [2.24, 2.45) is 0 Å². The summed E-state index contributed by atoms with van der Waals surface area (Å²) in [6.07, 6.45) is -0.0921. The Bertz CT molecular complexity index is 1650. The number of benzene rings is 1. The number of hydrogen-bond donors (Lipinski definition) is 1. The summed E-state index contributed by atoms with van der Waals surface area (Å²) in [5.74, 6) is -2.39. The number of nitrogens with zero attached hydrogens (tertiary/aromatic N) is 7. The van der Waals surface area contributed by atoms with Crippen molar-refractivity contribution in [1.82, 2.24) is 30.0 Å². The number of carbonyl (C=O) groups excluding carboxylic acids is 1. The number of amides is 1. The number of alkyl halides is 5. The molecule has 6 rings (SSSR count). The fourth-order valence-electron chi connectivity index (χ4n) is 6.70. The number of ether oxygens (including phenoxy) is 2. The highest BCUT2D eigenvalue weighted by Crippen LogP contribution is 2.44. The average Bonchev–Trinajstić information content (AvgIpc) is 3.59. The number of rotatable bonds is 8. The third-order valence-electron chi connectivity index (χ3n) is 9.00. The van der Waals surface area contributed by atoms with Gasteiger partial charge < -0.3 is 24.2 Å². The number of fused-ring (bicyclic) bond motifs is 2. The quantitative estimate of drug-likeness (QED) is 0.285. The number of halogens is 5. The minimum atomic E-state index is -4.61. The third-order valence-corrected chi connectivity index (χ3v) is 9.00. The van der Waals surface area contributed by atoms with Crippen LogP contribution in [-0.2, 0) is 28.7 Å². The predicted molar refractivity (Wildman–Crippen MR) is 164 cm³/mol. The Morgan fingerprint density at radius 2 is 1.91 bits per heavy atom. The van der Waals surface area contributed by atoms with Crippen LogP contribution in [0.5, 0.6) is 6.01 Å². The van der Waals surface area contributed by atoms with E-state index in [4.69, 9.17) is 14.5 Å². The van der Waals surface area contributed by atoms with E-state index in [1.165, 1.54) is 30.2 Å². The lowest BCUT2D eigenvalue weighted by molar-refractivity contribution is -0.137. The summed E-state index contributed by atoms with van der Waals surface area (Å²) >= 11 is 0. The van der Waals surface area contributed by atoms with Gasteiger partial charge in [0.05, 0.1) is 48.4 Å². The van der Waals surface area contributed by atoms with E-state index in [2.05, 4.69) is 15.2 Å². The van der Waals surface area contributed by atoms with Crippen molar-refractivity contribution >= 4 is 28.3 Å². The molecule has 47 heavy (non-hydrogen) atoms. The van der Waals surface area contributed by atoms with E-state index in [0.717, 1.165) is 5.56 Å². The maximum Gasteiger partial charge on any atom is 0.418 e. The number of piperazine rings is 1. The average molecular weight is 665 g/mol. The fourth-order valence-corrected chi connectivity index (χ4v) is 6.70. The smallest absolute Gasteiger partial charge is 0.418 e. The second-order valence-electron chi connectivity index (χ2n) is 12.3. The van der Waals surface area contributed by atoms with Crippen molar-refractivity contribution in [2.75, 3.05) is 76.4 Å². The van der Waals surface area contributed by atoms with E-state index < -0.39 is 23.7 Å². The molecule has 254 valence electrons. The number of hydrogen-bond acceptors (Lipinski definition) is 9. The van der Waals surface area contributed by atoms with Crippen LogP contribution < -0.4 is 14.5 Å². The number of aromatic nitrogens is 4. The van der Waals surface area contributed by atoms with Gasteiger partial charge in [-0.25, -0.2) is 8.78 Å². The van der Waals surface area contributed by atoms with E-state index in [0.29, 0.717) is 61.6 Å². The zero-order valence-electron chi connectivity index (χ0n) is 26.4. The minimum absolute atomic E-state index is 0.0259.